The Hall–Kier alpha value is -18.3. The van der Waals surface area contributed by atoms with Gasteiger partial charge in [0.2, 0.25) is 95.1 Å². The second-order valence-corrected chi connectivity index (χ2v) is 36.5. The maximum atomic E-state index is 5.88. The molecule has 0 fully saturated rings. The van der Waals surface area contributed by atoms with E-state index in [9.17, 15) is 0 Å². The number of benzene rings is 9. The van der Waals surface area contributed by atoms with Gasteiger partial charge in [0.1, 0.15) is 33.2 Å². The van der Waals surface area contributed by atoms with Crippen LogP contribution < -0.4 is 73.1 Å². The molecule has 0 N–H and O–H groups in total. The first-order valence-electron chi connectivity index (χ1n) is 43.7. The highest BCUT2D eigenvalue weighted by Crippen LogP contribution is 2.54. The largest absolute Gasteiger partial charge is 0.770 e. The fourth-order valence-corrected chi connectivity index (χ4v) is 28.0. The Bertz CT molecular complexity index is 10500. The van der Waals surface area contributed by atoms with Crippen LogP contribution in [-0.2, 0) is 23.6 Å². The first kappa shape index (κ1) is 61.0. The van der Waals surface area contributed by atoms with Crippen molar-refractivity contribution in [2.75, 3.05) is 0 Å². The Balaban J connectivity index is 0.629. The second-order valence-electron chi connectivity index (χ2n) is 36.5. The van der Waals surface area contributed by atoms with E-state index in [2.05, 4.69) is 280 Å². The molecule has 0 saturated heterocycles. The molecule has 30 heterocycles. The number of fused-ring (bicyclic) bond motifs is 18. The number of hydrogen-bond donors (Lipinski definition) is 0. The lowest BCUT2D eigenvalue weighted by Crippen LogP contribution is -2.99. The second kappa shape index (κ2) is 18.6. The summed E-state index contributed by atoms with van der Waals surface area (Å²) in [5.41, 5.74) is 41.5. The maximum Gasteiger partial charge on any atom is 0.770 e. The standard InChI is InChI=1S/C102H46N28/c1-3-49-11-19-61-69-79-95-71(77-93(69)117(39-31-109-77)99-115-37-29-105-57-45-55-75(107-27-25-103-55)67(91(57)115)59-17-9-47(1)83(123(59)99)85(49)125(61)99)63-21-13-51-5-7-53-15-23-65-73-82-98-74(81-97(73)121(43-35-113-81)101(119(95)41-33-111-79)127(63)87(51)89(53)129(65)101)66-24-16-54-8-6-52-14-22-64-72-78-94-70(80-96(72)120(42-34-112-80)102(122(98)44-36-114-82)128(64)88(52)90(54)130(66)102)62-20-12-50-4-2-48-10-18-60-68-76-56(104-26-28-108-76)46-58-92(68)116(38-30-106-58)100(118(94)40-32-110-78)124(60)84(48)86(50)126(62)100/h1-46H/q+16. The van der Waals surface area contributed by atoms with E-state index >= 15 is 0 Å². The lowest BCUT2D eigenvalue weighted by atomic mass is 9.92. The molecule has 12 aliphatic heterocycles. The van der Waals surface area contributed by atoms with E-state index < -0.39 is 23.6 Å². The molecule has 0 amide bonds. The lowest BCUT2D eigenvalue weighted by Gasteiger charge is -2.25. The Kier molecular flexibility index (Phi) is 8.72. The van der Waals surface area contributed by atoms with Crippen molar-refractivity contribution < 1.29 is 73.1 Å². The van der Waals surface area contributed by atoms with Gasteiger partial charge in [0.15, 0.2) is 66.5 Å². The molecule has 12 aliphatic rings. The van der Waals surface area contributed by atoms with Crippen LogP contribution in [0.25, 0.3) is 288 Å². The van der Waals surface area contributed by atoms with E-state index in [1.54, 1.807) is 24.8 Å². The molecule has 4 atom stereocenters. The van der Waals surface area contributed by atoms with Crippen molar-refractivity contribution in [1.82, 2.24) is 59.8 Å². The Morgan fingerprint density at radius 3 is 0.523 bits per heavy atom. The smallest absolute Gasteiger partial charge is 0.253 e. The quantitative estimate of drug-likeness (QED) is 0.101. The summed E-state index contributed by atoms with van der Waals surface area (Å²) in [7, 11) is 0. The first-order valence-corrected chi connectivity index (χ1v) is 43.7. The molecule has 0 saturated carbocycles. The van der Waals surface area contributed by atoms with Crippen molar-refractivity contribution in [3.8, 4) is 90.1 Å². The Morgan fingerprint density at radius 2 is 0.308 bits per heavy atom. The third-order valence-electron chi connectivity index (χ3n) is 31.9. The molecular weight excluding hydrogens is 1620 g/mol. The number of aromatic nitrogens is 28. The number of rotatable bonds is 0. The highest BCUT2D eigenvalue weighted by molar-refractivity contribution is 6.20. The van der Waals surface area contributed by atoms with E-state index in [1.165, 1.54) is 0 Å². The molecule has 4 unspecified atom stereocenters. The van der Waals surface area contributed by atoms with Crippen LogP contribution in [-0.4, -0.2) is 59.8 Å². The third kappa shape index (κ3) is 5.44. The van der Waals surface area contributed by atoms with Gasteiger partial charge in [-0.1, -0.05) is 0 Å². The summed E-state index contributed by atoms with van der Waals surface area (Å²) in [4.78, 5) is 65.4. The summed E-state index contributed by atoms with van der Waals surface area (Å²) >= 11 is 0. The number of hydrogen-bond acceptors (Lipinski definition) is 12. The minimum absolute atomic E-state index is 0.780. The van der Waals surface area contributed by atoms with Gasteiger partial charge in [-0.2, -0.15) is 0 Å². The molecular formula is C102H46N28+16. The summed E-state index contributed by atoms with van der Waals surface area (Å²) in [6.45, 7) is 0. The van der Waals surface area contributed by atoms with Gasteiger partial charge in [0, 0.05) is 146 Å². The Morgan fingerprint density at radius 1 is 0.146 bits per heavy atom. The Labute approximate surface area is 721 Å². The van der Waals surface area contributed by atoms with Gasteiger partial charge in [-0.15, -0.1) is 0 Å². The molecule has 39 rings (SSSR count). The molecule has 28 nitrogen and oxygen atoms in total. The number of nitrogens with zero attached hydrogens (tertiary/aromatic N) is 28. The first-order chi connectivity index (χ1) is 64.5. The van der Waals surface area contributed by atoms with Gasteiger partial charge in [0.25, 0.3) is 44.1 Å². The van der Waals surface area contributed by atoms with Gasteiger partial charge in [-0.3, -0.25) is 19.9 Å². The SMILES string of the molecule is c1cnc2c3c4c(cc2n1)ncc[n+]4C12[n+]4ccnc5c6c7c(ncc[n+]7C78[n+]9ccnc%10c%11c%12c(ncc[n+]%12C%12%13[n+]%14ccnc%15c%16c%17c(ncc[n+]%17C%17%18[n+]%19ccnc%20cc%21nccnc%21c(c%20%19)-c%19ccc%20ccc%21ccc-%16[n+]%17c%21c%20[n+]%19%18)c(c%15%14)-c%14ccc%15ccc%16ccc-%11[n+]%12c%16c%15[n+]%14%13)c(c%109)-c9ccc%10ccc%11ccc-6[n+]7c%11c%10[n+]98)c(c54)-c4ccc5ccc6ccc-3[n+]1c6c5[n+]42. The summed E-state index contributed by atoms with van der Waals surface area (Å²) in [5.74, 6) is -4.83. The third-order valence-corrected chi connectivity index (χ3v) is 31.9. The molecule has 9 aromatic carbocycles. The highest BCUT2D eigenvalue weighted by Gasteiger charge is 2.89. The van der Waals surface area contributed by atoms with Crippen molar-refractivity contribution in [1.29, 1.82) is 0 Å². The fraction of sp³-hybridized carbons (Fsp3) is 0.0392. The van der Waals surface area contributed by atoms with Gasteiger partial charge in [-0.05, 0) is 109 Å². The van der Waals surface area contributed by atoms with Gasteiger partial charge < -0.3 is 0 Å². The molecule has 28 heteroatoms. The molecule has 0 radical (unpaired) electrons. The monoisotopic (exact) mass is 1660 g/mol. The normalized spacial score (nSPS) is 18.9. The average Bonchev–Trinajstić information content (AvgIpc) is 1.44. The number of pyridine rings is 8. The van der Waals surface area contributed by atoms with E-state index in [1.807, 2.05) is 49.6 Å². The predicted octanol–water partition coefficient (Wildman–Crippen LogP) is 5.73. The zero-order valence-corrected chi connectivity index (χ0v) is 67.1. The van der Waals surface area contributed by atoms with Crippen molar-refractivity contribution >= 4 is 198 Å². The summed E-state index contributed by atoms with van der Waals surface area (Å²) in [6, 6.07) is 59.4. The fourth-order valence-electron chi connectivity index (χ4n) is 28.0. The summed E-state index contributed by atoms with van der Waals surface area (Å²) < 4.78 is 40.7. The van der Waals surface area contributed by atoms with Crippen molar-refractivity contribution in [3.63, 3.8) is 0 Å². The van der Waals surface area contributed by atoms with E-state index in [0.29, 0.717) is 0 Å². The zero-order valence-electron chi connectivity index (χ0n) is 67.1. The van der Waals surface area contributed by atoms with E-state index in [0.717, 1.165) is 288 Å². The van der Waals surface area contributed by atoms with Crippen molar-refractivity contribution in [2.24, 2.45) is 0 Å². The van der Waals surface area contributed by atoms with Crippen LogP contribution in [0.1, 0.15) is 0 Å². The zero-order chi connectivity index (χ0) is 82.3. The van der Waals surface area contributed by atoms with Crippen LogP contribution in [0.15, 0.2) is 282 Å². The molecule has 0 bridgehead atoms. The van der Waals surface area contributed by atoms with Crippen LogP contribution >= 0.6 is 0 Å². The molecule has 0 aliphatic carbocycles. The van der Waals surface area contributed by atoms with Crippen LogP contribution in [0, 0.1) is 0 Å². The molecule has 578 valence electrons. The highest BCUT2D eigenvalue weighted by atomic mass is 15.6. The minimum atomic E-state index is -1.27. The van der Waals surface area contributed by atoms with Crippen molar-refractivity contribution in [2.45, 2.75) is 23.6 Å². The van der Waals surface area contributed by atoms with Crippen LogP contribution in [0.2, 0.25) is 0 Å². The van der Waals surface area contributed by atoms with Crippen LogP contribution in [0.5, 0.6) is 0 Å². The van der Waals surface area contributed by atoms with Crippen LogP contribution in [0.3, 0.4) is 0 Å². The van der Waals surface area contributed by atoms with E-state index in [-0.39, 0.29) is 0 Å². The maximum absolute atomic E-state index is 5.88. The average molecular weight is 1660 g/mol. The predicted molar refractivity (Wildman–Crippen MR) is 458 cm³/mol. The molecule has 18 aromatic heterocycles. The van der Waals surface area contributed by atoms with Gasteiger partial charge >= 0.3 is 67.8 Å². The molecule has 4 spiro atoms. The van der Waals surface area contributed by atoms with E-state index in [4.69, 9.17) is 59.8 Å². The van der Waals surface area contributed by atoms with Gasteiger partial charge in [0.05, 0.1) is 104 Å². The van der Waals surface area contributed by atoms with Crippen molar-refractivity contribution in [3.05, 3.63) is 282 Å². The summed E-state index contributed by atoms with van der Waals surface area (Å²) in [5, 5.41) is 8.78. The minimum Gasteiger partial charge on any atom is -0.253 e. The molecule has 27 aromatic rings. The lowest BCUT2D eigenvalue weighted by molar-refractivity contribution is -1.29. The van der Waals surface area contributed by atoms with Gasteiger partial charge in [-0.25, -0.2) is 39.9 Å². The molecule has 130 heavy (non-hydrogen) atoms. The van der Waals surface area contributed by atoms with Crippen LogP contribution in [0.4, 0.5) is 0 Å². The summed E-state index contributed by atoms with van der Waals surface area (Å²) in [6.07, 6.45) is 40.7. The topological polar surface area (TPSA) is 217 Å².